The molecule has 0 aromatic rings. The van der Waals surface area contributed by atoms with Crippen LogP contribution in [0.4, 0.5) is 4.79 Å². The molecule has 1 unspecified atom stereocenters. The van der Waals surface area contributed by atoms with Gasteiger partial charge in [-0.05, 0) is 50.3 Å². The second kappa shape index (κ2) is 13.2. The first-order chi connectivity index (χ1) is 14.2. The zero-order valence-electron chi connectivity index (χ0n) is 19.3. The third-order valence-electron chi connectivity index (χ3n) is 4.55. The Hall–Kier alpha value is -2.12. The predicted molar refractivity (Wildman–Crippen MR) is 118 cm³/mol. The summed E-state index contributed by atoms with van der Waals surface area (Å²) in [6.07, 6.45) is 7.75. The summed E-state index contributed by atoms with van der Waals surface area (Å²) in [5.41, 5.74) is 3.80. The van der Waals surface area contributed by atoms with E-state index < -0.39 is 11.7 Å². The molecular weight excluding hydrogens is 384 g/mol. The van der Waals surface area contributed by atoms with E-state index in [0.29, 0.717) is 26.0 Å². The maximum absolute atomic E-state index is 12.0. The number of methoxy groups -OCH3 is 1. The lowest BCUT2D eigenvalue weighted by Gasteiger charge is -2.21. The Morgan fingerprint density at radius 2 is 2.03 bits per heavy atom. The second-order valence-corrected chi connectivity index (χ2v) is 8.41. The minimum atomic E-state index is -0.531. The minimum Gasteiger partial charge on any atom is -0.444 e. The van der Waals surface area contributed by atoms with Gasteiger partial charge in [0.05, 0.1) is 6.61 Å². The first-order valence-corrected chi connectivity index (χ1v) is 10.6. The molecule has 0 saturated carbocycles. The van der Waals surface area contributed by atoms with Crippen LogP contribution < -0.4 is 10.6 Å². The van der Waals surface area contributed by atoms with Crippen LogP contribution in [-0.4, -0.2) is 45.2 Å². The number of amides is 2. The third kappa shape index (κ3) is 9.59. The highest BCUT2D eigenvalue weighted by Crippen LogP contribution is 2.31. The molecule has 0 fully saturated rings. The largest absolute Gasteiger partial charge is 0.444 e. The number of alkyl carbamates (subject to hydrolysis) is 1. The number of hydrogen-bond acceptors (Lipinski definition) is 5. The number of allylic oxidation sites excluding steroid dienone is 3. The summed E-state index contributed by atoms with van der Waals surface area (Å²) in [6.45, 7) is 11.0. The predicted octanol–water partition coefficient (Wildman–Crippen LogP) is 4.21. The normalized spacial score (nSPS) is 15.7. The molecular formula is C23H38N2O5. The molecule has 0 aliphatic heterocycles. The molecule has 0 bridgehead atoms. The molecule has 7 heteroatoms. The Labute approximate surface area is 180 Å². The van der Waals surface area contributed by atoms with Gasteiger partial charge in [-0.1, -0.05) is 32.4 Å². The zero-order valence-corrected chi connectivity index (χ0v) is 19.3. The SMILES string of the molecule is CCCC1=C(NC=O)CC=C(C(C)COCOC)C(CCNC(=O)OC(C)(C)C)=C1. The van der Waals surface area contributed by atoms with Gasteiger partial charge in [-0.25, -0.2) is 4.79 Å². The summed E-state index contributed by atoms with van der Waals surface area (Å²) in [7, 11) is 1.60. The first kappa shape index (κ1) is 25.9. The van der Waals surface area contributed by atoms with E-state index in [1.807, 2.05) is 20.8 Å². The van der Waals surface area contributed by atoms with Crippen molar-refractivity contribution in [2.45, 2.75) is 65.9 Å². The van der Waals surface area contributed by atoms with Crippen LogP contribution in [0.15, 0.2) is 34.6 Å². The van der Waals surface area contributed by atoms with Gasteiger partial charge < -0.3 is 24.8 Å². The van der Waals surface area contributed by atoms with Gasteiger partial charge in [0.2, 0.25) is 6.41 Å². The van der Waals surface area contributed by atoms with E-state index in [-0.39, 0.29) is 12.7 Å². The fourth-order valence-electron chi connectivity index (χ4n) is 3.32. The zero-order chi connectivity index (χ0) is 22.6. The summed E-state index contributed by atoms with van der Waals surface area (Å²) < 4.78 is 15.9. The van der Waals surface area contributed by atoms with Crippen LogP contribution in [0.5, 0.6) is 0 Å². The van der Waals surface area contributed by atoms with E-state index in [0.717, 1.165) is 41.7 Å². The van der Waals surface area contributed by atoms with E-state index in [9.17, 15) is 9.59 Å². The molecule has 30 heavy (non-hydrogen) atoms. The van der Waals surface area contributed by atoms with Crippen molar-refractivity contribution in [3.63, 3.8) is 0 Å². The molecule has 0 radical (unpaired) electrons. The molecule has 7 nitrogen and oxygen atoms in total. The van der Waals surface area contributed by atoms with Gasteiger partial charge in [-0.15, -0.1) is 0 Å². The maximum atomic E-state index is 12.0. The fourth-order valence-corrected chi connectivity index (χ4v) is 3.32. The van der Waals surface area contributed by atoms with Crippen molar-refractivity contribution in [1.82, 2.24) is 10.6 Å². The highest BCUT2D eigenvalue weighted by Gasteiger charge is 2.20. The Morgan fingerprint density at radius 1 is 1.30 bits per heavy atom. The lowest BCUT2D eigenvalue weighted by Crippen LogP contribution is -2.33. The Kier molecular flexibility index (Phi) is 11.4. The van der Waals surface area contributed by atoms with E-state index in [1.165, 1.54) is 0 Å². The van der Waals surface area contributed by atoms with Gasteiger partial charge in [0, 0.05) is 31.7 Å². The molecule has 1 rings (SSSR count). The summed E-state index contributed by atoms with van der Waals surface area (Å²) in [4.78, 5) is 23.1. The third-order valence-corrected chi connectivity index (χ3v) is 4.55. The molecule has 2 amide bonds. The van der Waals surface area contributed by atoms with Crippen LogP contribution in [0.1, 0.15) is 60.3 Å². The summed E-state index contributed by atoms with van der Waals surface area (Å²) >= 11 is 0. The maximum Gasteiger partial charge on any atom is 0.407 e. The second-order valence-electron chi connectivity index (χ2n) is 8.41. The fraction of sp³-hybridized carbons (Fsp3) is 0.652. The van der Waals surface area contributed by atoms with Crippen LogP contribution in [0.25, 0.3) is 0 Å². The van der Waals surface area contributed by atoms with Gasteiger partial charge in [0.15, 0.2) is 0 Å². The van der Waals surface area contributed by atoms with E-state index in [4.69, 9.17) is 14.2 Å². The number of hydrogen-bond donors (Lipinski definition) is 2. The standard InChI is InChI=1S/C23H38N2O5/c1-7-8-19-13-18(11-12-24-22(27)30-23(3,4)5)20(9-10-21(19)25-15-26)17(2)14-29-16-28-6/h9,13,15,17H,7-8,10-12,14,16H2,1-6H3,(H,24,27)(H,25,26). The molecule has 0 aromatic carbocycles. The van der Waals surface area contributed by atoms with E-state index in [1.54, 1.807) is 7.11 Å². The van der Waals surface area contributed by atoms with Crippen LogP contribution in [0.3, 0.4) is 0 Å². The molecule has 2 N–H and O–H groups in total. The highest BCUT2D eigenvalue weighted by atomic mass is 16.7. The Morgan fingerprint density at radius 3 is 2.63 bits per heavy atom. The van der Waals surface area contributed by atoms with Gasteiger partial charge in [-0.2, -0.15) is 0 Å². The molecule has 0 saturated heterocycles. The first-order valence-electron chi connectivity index (χ1n) is 10.6. The van der Waals surface area contributed by atoms with Crippen molar-refractivity contribution in [3.05, 3.63) is 34.6 Å². The molecule has 170 valence electrons. The minimum absolute atomic E-state index is 0.145. The lowest BCUT2D eigenvalue weighted by atomic mass is 9.91. The average Bonchev–Trinajstić information content (AvgIpc) is 2.81. The van der Waals surface area contributed by atoms with Crippen LogP contribution in [0, 0.1) is 5.92 Å². The van der Waals surface area contributed by atoms with Gasteiger partial charge in [0.25, 0.3) is 0 Å². The number of carbonyl (C=O) groups is 2. The topological polar surface area (TPSA) is 85.9 Å². The van der Waals surface area contributed by atoms with Crippen LogP contribution >= 0.6 is 0 Å². The van der Waals surface area contributed by atoms with Crippen molar-refractivity contribution in [2.24, 2.45) is 5.92 Å². The molecule has 0 aromatic heterocycles. The highest BCUT2D eigenvalue weighted by molar-refractivity contribution is 5.67. The van der Waals surface area contributed by atoms with E-state index in [2.05, 4.69) is 36.6 Å². The summed E-state index contributed by atoms with van der Waals surface area (Å²) in [5.74, 6) is 0.145. The van der Waals surface area contributed by atoms with Gasteiger partial charge >= 0.3 is 6.09 Å². The van der Waals surface area contributed by atoms with Crippen molar-refractivity contribution in [3.8, 4) is 0 Å². The number of nitrogens with one attached hydrogen (secondary N) is 2. The van der Waals surface area contributed by atoms with Crippen LogP contribution in [0.2, 0.25) is 0 Å². The van der Waals surface area contributed by atoms with Crippen molar-refractivity contribution < 1.29 is 23.8 Å². The van der Waals surface area contributed by atoms with E-state index >= 15 is 0 Å². The summed E-state index contributed by atoms with van der Waals surface area (Å²) in [6, 6.07) is 0. The monoisotopic (exact) mass is 422 g/mol. The van der Waals surface area contributed by atoms with Crippen molar-refractivity contribution in [2.75, 3.05) is 27.1 Å². The molecule has 1 atom stereocenters. The molecule has 0 heterocycles. The Balaban J connectivity index is 3.00. The lowest BCUT2D eigenvalue weighted by molar-refractivity contribution is -0.109. The quantitative estimate of drug-likeness (QED) is 0.279. The smallest absolute Gasteiger partial charge is 0.407 e. The molecule has 1 aliphatic rings. The van der Waals surface area contributed by atoms with Crippen molar-refractivity contribution in [1.29, 1.82) is 0 Å². The van der Waals surface area contributed by atoms with Gasteiger partial charge in [-0.3, -0.25) is 4.79 Å². The number of carbonyl (C=O) groups excluding carboxylic acids is 2. The molecule has 1 aliphatic carbocycles. The van der Waals surface area contributed by atoms with Gasteiger partial charge in [0.1, 0.15) is 12.4 Å². The molecule has 0 spiro atoms. The number of rotatable bonds is 12. The summed E-state index contributed by atoms with van der Waals surface area (Å²) in [5, 5.41) is 5.69. The van der Waals surface area contributed by atoms with Crippen molar-refractivity contribution >= 4 is 12.5 Å². The number of ether oxygens (including phenoxy) is 3. The Bertz CT molecular complexity index is 659. The van der Waals surface area contributed by atoms with Crippen LogP contribution in [-0.2, 0) is 19.0 Å². The average molecular weight is 423 g/mol.